The molecule has 0 unspecified atom stereocenters. The highest BCUT2D eigenvalue weighted by Crippen LogP contribution is 2.34. The molecule has 1 heterocycles. The summed E-state index contributed by atoms with van der Waals surface area (Å²) in [4.78, 5) is 41.3. The maximum absolute atomic E-state index is 13.6. The fourth-order valence-corrected chi connectivity index (χ4v) is 4.86. The maximum Gasteiger partial charge on any atom is 0.246 e. The molecule has 8 nitrogen and oxygen atoms in total. The SMILES string of the molecule is CCO[C@H]1Cc2ccccc2[C@@H]1NC(=O)[C@@H]1CCCN1C(=O)[C@@H](NC(=O)[C@H](C)NC)C(C)(C)C. The highest BCUT2D eigenvalue weighted by atomic mass is 16.5. The number of carbonyl (C=O) groups excluding carboxylic acids is 3. The monoisotopic (exact) mass is 472 g/mol. The lowest BCUT2D eigenvalue weighted by Gasteiger charge is -2.36. The van der Waals surface area contributed by atoms with Gasteiger partial charge in [0.15, 0.2) is 0 Å². The number of benzene rings is 1. The first-order valence-corrected chi connectivity index (χ1v) is 12.4. The molecule has 0 radical (unpaired) electrons. The van der Waals surface area contributed by atoms with Gasteiger partial charge in [-0.3, -0.25) is 14.4 Å². The minimum Gasteiger partial charge on any atom is -0.376 e. The summed E-state index contributed by atoms with van der Waals surface area (Å²) < 4.78 is 5.95. The maximum atomic E-state index is 13.6. The van der Waals surface area contributed by atoms with E-state index in [9.17, 15) is 14.4 Å². The third-order valence-electron chi connectivity index (χ3n) is 6.93. The van der Waals surface area contributed by atoms with Crippen molar-refractivity contribution in [3.05, 3.63) is 35.4 Å². The van der Waals surface area contributed by atoms with Crippen molar-refractivity contribution in [2.45, 2.75) is 84.2 Å². The number of rotatable bonds is 8. The van der Waals surface area contributed by atoms with Crippen LogP contribution in [0.4, 0.5) is 0 Å². The molecule has 1 aliphatic carbocycles. The van der Waals surface area contributed by atoms with Crippen LogP contribution in [0, 0.1) is 5.41 Å². The number of ether oxygens (including phenoxy) is 1. The summed E-state index contributed by atoms with van der Waals surface area (Å²) in [5.74, 6) is -0.618. The molecule has 3 N–H and O–H groups in total. The van der Waals surface area contributed by atoms with Crippen LogP contribution in [0.25, 0.3) is 0 Å². The van der Waals surface area contributed by atoms with Crippen molar-refractivity contribution in [3.8, 4) is 0 Å². The zero-order valence-electron chi connectivity index (χ0n) is 21.3. The van der Waals surface area contributed by atoms with E-state index in [0.29, 0.717) is 19.6 Å². The van der Waals surface area contributed by atoms with Crippen LogP contribution in [-0.2, 0) is 25.5 Å². The van der Waals surface area contributed by atoms with Gasteiger partial charge in [0.05, 0.1) is 18.2 Å². The average molecular weight is 473 g/mol. The summed E-state index contributed by atoms with van der Waals surface area (Å²) in [7, 11) is 1.70. The molecule has 5 atom stereocenters. The molecule has 188 valence electrons. The highest BCUT2D eigenvalue weighted by molar-refractivity contribution is 5.94. The summed E-state index contributed by atoms with van der Waals surface area (Å²) >= 11 is 0. The van der Waals surface area contributed by atoms with E-state index in [1.54, 1.807) is 18.9 Å². The molecule has 0 saturated carbocycles. The fraction of sp³-hybridized carbons (Fsp3) is 0.654. The van der Waals surface area contributed by atoms with E-state index in [0.717, 1.165) is 18.4 Å². The number of hydrogen-bond donors (Lipinski definition) is 3. The third kappa shape index (κ3) is 5.61. The average Bonchev–Trinajstić information content (AvgIpc) is 3.41. The van der Waals surface area contributed by atoms with Crippen molar-refractivity contribution in [2.24, 2.45) is 5.41 Å². The standard InChI is InChI=1S/C26H40N4O4/c1-7-34-20-15-17-11-8-9-12-18(17)21(20)28-24(32)19-13-10-14-30(19)25(33)22(26(3,4)5)29-23(31)16(2)27-6/h8-9,11-12,16,19-22,27H,7,10,13-15H2,1-6H3,(H,28,32)(H,29,31)/t16-,19-,20-,21-,22+/m0/s1. The molecule has 2 aliphatic rings. The van der Waals surface area contributed by atoms with Gasteiger partial charge in [0.1, 0.15) is 12.1 Å². The number of nitrogens with one attached hydrogen (secondary N) is 3. The normalized spacial score (nSPS) is 23.8. The van der Waals surface area contributed by atoms with Crippen LogP contribution >= 0.6 is 0 Å². The third-order valence-corrected chi connectivity index (χ3v) is 6.93. The first kappa shape index (κ1) is 26.2. The van der Waals surface area contributed by atoms with E-state index >= 15 is 0 Å². The van der Waals surface area contributed by atoms with Crippen LogP contribution < -0.4 is 16.0 Å². The predicted octanol–water partition coefficient (Wildman–Crippen LogP) is 1.93. The van der Waals surface area contributed by atoms with Gasteiger partial charge in [-0.05, 0) is 50.3 Å². The van der Waals surface area contributed by atoms with E-state index in [-0.39, 0.29) is 29.9 Å². The molecule has 1 aromatic carbocycles. The molecule has 34 heavy (non-hydrogen) atoms. The van der Waals surface area contributed by atoms with E-state index in [2.05, 4.69) is 22.0 Å². The lowest BCUT2D eigenvalue weighted by Crippen LogP contribution is -2.59. The summed E-state index contributed by atoms with van der Waals surface area (Å²) in [6, 6.07) is 6.12. The smallest absolute Gasteiger partial charge is 0.246 e. The molecule has 0 bridgehead atoms. The Balaban J connectivity index is 1.77. The number of likely N-dealkylation sites (tertiary alicyclic amines) is 1. The highest BCUT2D eigenvalue weighted by Gasteiger charge is 2.43. The molecule has 1 fully saturated rings. The van der Waals surface area contributed by atoms with Crippen LogP contribution in [0.2, 0.25) is 0 Å². The van der Waals surface area contributed by atoms with E-state index in [4.69, 9.17) is 4.74 Å². The molecular formula is C26H40N4O4. The zero-order valence-corrected chi connectivity index (χ0v) is 21.3. The predicted molar refractivity (Wildman–Crippen MR) is 131 cm³/mol. The van der Waals surface area contributed by atoms with E-state index in [1.165, 1.54) is 5.56 Å². The summed E-state index contributed by atoms with van der Waals surface area (Å²) in [6.07, 6.45) is 1.98. The first-order valence-electron chi connectivity index (χ1n) is 12.4. The topological polar surface area (TPSA) is 99.8 Å². The summed E-state index contributed by atoms with van der Waals surface area (Å²) in [6.45, 7) is 10.5. The van der Waals surface area contributed by atoms with E-state index < -0.39 is 23.5 Å². The summed E-state index contributed by atoms with van der Waals surface area (Å²) in [5, 5.41) is 9.00. The Morgan fingerprint density at radius 3 is 2.56 bits per heavy atom. The number of hydrogen-bond acceptors (Lipinski definition) is 5. The number of carbonyl (C=O) groups is 3. The van der Waals surface area contributed by atoms with Crippen molar-refractivity contribution >= 4 is 17.7 Å². The molecule has 1 aromatic rings. The van der Waals surface area contributed by atoms with Crippen molar-refractivity contribution < 1.29 is 19.1 Å². The van der Waals surface area contributed by atoms with Gasteiger partial charge in [0.2, 0.25) is 17.7 Å². The number of nitrogens with zero attached hydrogens (tertiary/aromatic N) is 1. The molecule has 3 amide bonds. The quantitative estimate of drug-likeness (QED) is 0.537. The molecule has 1 aliphatic heterocycles. The van der Waals surface area contributed by atoms with Crippen LogP contribution in [0.5, 0.6) is 0 Å². The van der Waals surface area contributed by atoms with Gasteiger partial charge in [-0.25, -0.2) is 0 Å². The van der Waals surface area contributed by atoms with E-state index in [1.807, 2.05) is 45.9 Å². The van der Waals surface area contributed by atoms with Gasteiger partial charge in [-0.1, -0.05) is 45.0 Å². The second-order valence-corrected chi connectivity index (χ2v) is 10.4. The lowest BCUT2D eigenvalue weighted by molar-refractivity contribution is -0.144. The second-order valence-electron chi connectivity index (χ2n) is 10.4. The Labute approximate surface area is 203 Å². The second kappa shape index (κ2) is 10.9. The minimum absolute atomic E-state index is 0.124. The molecule has 0 aromatic heterocycles. The van der Waals surface area contributed by atoms with Crippen molar-refractivity contribution in [2.75, 3.05) is 20.2 Å². The number of fused-ring (bicyclic) bond motifs is 1. The van der Waals surface area contributed by atoms with Crippen LogP contribution in [0.3, 0.4) is 0 Å². The Morgan fingerprint density at radius 1 is 1.21 bits per heavy atom. The van der Waals surface area contributed by atoms with Crippen molar-refractivity contribution in [1.82, 2.24) is 20.9 Å². The van der Waals surface area contributed by atoms with Gasteiger partial charge < -0.3 is 25.6 Å². The van der Waals surface area contributed by atoms with Gasteiger partial charge in [0.25, 0.3) is 0 Å². The van der Waals surface area contributed by atoms with Crippen molar-refractivity contribution in [1.29, 1.82) is 0 Å². The molecule has 0 spiro atoms. The van der Waals surface area contributed by atoms with Crippen LogP contribution in [0.15, 0.2) is 24.3 Å². The number of likely N-dealkylation sites (N-methyl/N-ethyl adjacent to an activating group) is 1. The Kier molecular flexibility index (Phi) is 8.36. The van der Waals surface area contributed by atoms with Crippen LogP contribution in [0.1, 0.15) is 64.6 Å². The van der Waals surface area contributed by atoms with Gasteiger partial charge in [0, 0.05) is 19.6 Å². The first-order chi connectivity index (χ1) is 16.1. The largest absolute Gasteiger partial charge is 0.376 e. The zero-order chi connectivity index (χ0) is 25.0. The summed E-state index contributed by atoms with van der Waals surface area (Å²) in [5.41, 5.74) is 1.75. The molecule has 3 rings (SSSR count). The van der Waals surface area contributed by atoms with Crippen LogP contribution in [-0.4, -0.2) is 67.1 Å². The van der Waals surface area contributed by atoms with Gasteiger partial charge in [-0.15, -0.1) is 0 Å². The van der Waals surface area contributed by atoms with Gasteiger partial charge in [-0.2, -0.15) is 0 Å². The molecule has 8 heteroatoms. The molecule has 1 saturated heterocycles. The van der Waals surface area contributed by atoms with Crippen molar-refractivity contribution in [3.63, 3.8) is 0 Å². The number of amides is 3. The Morgan fingerprint density at radius 2 is 1.91 bits per heavy atom. The molecular weight excluding hydrogens is 432 g/mol. The fourth-order valence-electron chi connectivity index (χ4n) is 4.86. The lowest BCUT2D eigenvalue weighted by atomic mass is 9.85. The Hall–Kier alpha value is -2.45. The minimum atomic E-state index is -0.729. The van der Waals surface area contributed by atoms with Gasteiger partial charge >= 0.3 is 0 Å². The Bertz CT molecular complexity index is 897.